The molecule has 1 saturated heterocycles. The van der Waals surface area contributed by atoms with Crippen molar-refractivity contribution in [3.63, 3.8) is 0 Å². The number of morpholine rings is 1. The Balaban J connectivity index is 1.68. The summed E-state index contributed by atoms with van der Waals surface area (Å²) < 4.78 is 5.27. The molecule has 0 spiro atoms. The molecule has 0 bridgehead atoms. The van der Waals surface area contributed by atoms with Crippen molar-refractivity contribution in [1.29, 1.82) is 0 Å². The highest BCUT2D eigenvalue weighted by atomic mass is 16.5. The lowest BCUT2D eigenvalue weighted by atomic mass is 10.1. The second-order valence-electron chi connectivity index (χ2n) is 5.22. The number of rotatable bonds is 6. The highest BCUT2D eigenvalue weighted by Gasteiger charge is 2.15. The zero-order valence-corrected chi connectivity index (χ0v) is 12.1. The summed E-state index contributed by atoms with van der Waals surface area (Å²) in [6, 6.07) is 6.17. The maximum atomic E-state index is 11.9. The quantitative estimate of drug-likeness (QED) is 0.671. The van der Waals surface area contributed by atoms with Crippen LogP contribution in [-0.4, -0.2) is 61.3 Å². The lowest BCUT2D eigenvalue weighted by molar-refractivity contribution is -0.122. The van der Waals surface area contributed by atoms with Gasteiger partial charge in [0.25, 0.3) is 0 Å². The van der Waals surface area contributed by atoms with Crippen molar-refractivity contribution in [2.24, 2.45) is 5.73 Å². The van der Waals surface area contributed by atoms with Crippen molar-refractivity contribution < 1.29 is 14.6 Å². The molecule has 0 aromatic heterocycles. The average Bonchev–Trinajstić information content (AvgIpc) is 2.50. The van der Waals surface area contributed by atoms with Crippen LogP contribution in [0.5, 0.6) is 5.75 Å². The van der Waals surface area contributed by atoms with Gasteiger partial charge in [0.2, 0.25) is 5.91 Å². The van der Waals surface area contributed by atoms with Gasteiger partial charge in [-0.2, -0.15) is 0 Å². The van der Waals surface area contributed by atoms with Crippen LogP contribution >= 0.6 is 0 Å². The van der Waals surface area contributed by atoms with Crippen LogP contribution in [0.4, 0.5) is 0 Å². The fraction of sp³-hybridized carbons (Fsp3) is 0.533. The Bertz CT molecular complexity index is 444. The molecular formula is C15H23N3O3. The number of phenolic OH excluding ortho intramolecular Hbond substituents is 1. The monoisotopic (exact) mass is 293 g/mol. The van der Waals surface area contributed by atoms with Crippen molar-refractivity contribution in [3.05, 3.63) is 29.8 Å². The van der Waals surface area contributed by atoms with Gasteiger partial charge in [-0.15, -0.1) is 0 Å². The fourth-order valence-electron chi connectivity index (χ4n) is 2.27. The van der Waals surface area contributed by atoms with E-state index < -0.39 is 6.04 Å². The highest BCUT2D eigenvalue weighted by molar-refractivity contribution is 5.81. The number of hydrogen-bond donors (Lipinski definition) is 3. The third-order valence-electron chi connectivity index (χ3n) is 3.56. The van der Waals surface area contributed by atoms with Crippen LogP contribution in [0, 0.1) is 0 Å². The van der Waals surface area contributed by atoms with Gasteiger partial charge in [-0.25, -0.2) is 0 Å². The maximum Gasteiger partial charge on any atom is 0.237 e. The molecule has 21 heavy (non-hydrogen) atoms. The Hall–Kier alpha value is -1.63. The van der Waals surface area contributed by atoms with Crippen molar-refractivity contribution in [3.8, 4) is 5.75 Å². The van der Waals surface area contributed by atoms with E-state index >= 15 is 0 Å². The molecule has 1 aliphatic rings. The predicted octanol–water partition coefficient (Wildman–Crippen LogP) is -0.290. The number of ether oxygens (including phenoxy) is 1. The molecule has 1 amide bonds. The van der Waals surface area contributed by atoms with Crippen molar-refractivity contribution in [2.45, 2.75) is 12.5 Å². The summed E-state index contributed by atoms with van der Waals surface area (Å²) in [4.78, 5) is 14.2. The van der Waals surface area contributed by atoms with E-state index in [1.165, 1.54) is 0 Å². The molecule has 1 atom stereocenters. The Morgan fingerprint density at radius 3 is 2.67 bits per heavy atom. The topological polar surface area (TPSA) is 87.8 Å². The van der Waals surface area contributed by atoms with E-state index in [-0.39, 0.29) is 11.7 Å². The first kappa shape index (κ1) is 15.8. The second kappa shape index (κ2) is 7.97. The Labute approximate surface area is 124 Å². The highest BCUT2D eigenvalue weighted by Crippen LogP contribution is 2.10. The van der Waals surface area contributed by atoms with E-state index in [9.17, 15) is 9.90 Å². The lowest BCUT2D eigenvalue weighted by Crippen LogP contribution is -2.46. The predicted molar refractivity (Wildman–Crippen MR) is 80.1 cm³/mol. The Morgan fingerprint density at radius 1 is 1.33 bits per heavy atom. The number of carbonyl (C=O) groups is 1. The van der Waals surface area contributed by atoms with E-state index in [4.69, 9.17) is 10.5 Å². The maximum absolute atomic E-state index is 11.9. The van der Waals surface area contributed by atoms with E-state index in [0.29, 0.717) is 13.0 Å². The molecule has 1 aromatic rings. The molecule has 1 heterocycles. The summed E-state index contributed by atoms with van der Waals surface area (Å²) >= 11 is 0. The summed E-state index contributed by atoms with van der Waals surface area (Å²) in [5, 5.41) is 12.1. The van der Waals surface area contributed by atoms with Crippen LogP contribution in [0.1, 0.15) is 5.56 Å². The van der Waals surface area contributed by atoms with Gasteiger partial charge in [0.05, 0.1) is 19.3 Å². The van der Waals surface area contributed by atoms with Gasteiger partial charge >= 0.3 is 0 Å². The first-order valence-electron chi connectivity index (χ1n) is 7.26. The normalized spacial score (nSPS) is 17.4. The molecule has 1 aromatic carbocycles. The molecule has 4 N–H and O–H groups in total. The number of aromatic hydroxyl groups is 1. The van der Waals surface area contributed by atoms with Crippen molar-refractivity contribution in [1.82, 2.24) is 10.2 Å². The molecule has 6 nitrogen and oxygen atoms in total. The van der Waals surface area contributed by atoms with Gasteiger partial charge in [-0.3, -0.25) is 9.69 Å². The van der Waals surface area contributed by atoms with Gasteiger partial charge in [-0.05, 0) is 24.1 Å². The van der Waals surface area contributed by atoms with Crippen LogP contribution in [0.15, 0.2) is 24.3 Å². The minimum Gasteiger partial charge on any atom is -0.508 e. The number of phenols is 1. The zero-order chi connectivity index (χ0) is 15.1. The van der Waals surface area contributed by atoms with Gasteiger partial charge in [0, 0.05) is 26.2 Å². The lowest BCUT2D eigenvalue weighted by Gasteiger charge is -2.26. The van der Waals surface area contributed by atoms with Crippen LogP contribution in [0.2, 0.25) is 0 Å². The minimum absolute atomic E-state index is 0.142. The fourth-order valence-corrected chi connectivity index (χ4v) is 2.27. The van der Waals surface area contributed by atoms with Crippen LogP contribution in [-0.2, 0) is 16.0 Å². The minimum atomic E-state index is -0.570. The number of nitrogens with one attached hydrogen (secondary N) is 1. The van der Waals surface area contributed by atoms with E-state index in [0.717, 1.165) is 38.4 Å². The molecule has 6 heteroatoms. The van der Waals surface area contributed by atoms with Crippen LogP contribution < -0.4 is 11.1 Å². The summed E-state index contributed by atoms with van der Waals surface area (Å²) in [5.41, 5.74) is 6.83. The molecule has 0 radical (unpaired) electrons. The van der Waals surface area contributed by atoms with Crippen LogP contribution in [0.25, 0.3) is 0 Å². The van der Waals surface area contributed by atoms with Gasteiger partial charge < -0.3 is 20.9 Å². The van der Waals surface area contributed by atoms with Crippen molar-refractivity contribution >= 4 is 5.91 Å². The summed E-state index contributed by atoms with van der Waals surface area (Å²) in [6.45, 7) is 4.76. The second-order valence-corrected chi connectivity index (χ2v) is 5.22. The molecular weight excluding hydrogens is 270 g/mol. The van der Waals surface area contributed by atoms with E-state index in [2.05, 4.69) is 10.2 Å². The third-order valence-corrected chi connectivity index (χ3v) is 3.56. The number of nitrogens with zero attached hydrogens (tertiary/aromatic N) is 1. The standard InChI is InChI=1S/C15H23N3O3/c16-14(11-12-1-3-13(19)4-2-12)15(20)17-5-6-18-7-9-21-10-8-18/h1-4,14,19H,5-11,16H2,(H,17,20)/t14-/m1/s1. The number of nitrogens with two attached hydrogens (primary N) is 1. The molecule has 0 saturated carbocycles. The van der Waals surface area contributed by atoms with Crippen molar-refractivity contribution in [2.75, 3.05) is 39.4 Å². The molecule has 116 valence electrons. The van der Waals surface area contributed by atoms with E-state index in [1.54, 1.807) is 24.3 Å². The SMILES string of the molecule is N[C@H](Cc1ccc(O)cc1)C(=O)NCCN1CCOCC1. The number of carbonyl (C=O) groups excluding carboxylic acids is 1. The smallest absolute Gasteiger partial charge is 0.237 e. The largest absolute Gasteiger partial charge is 0.508 e. The summed E-state index contributed by atoms with van der Waals surface area (Å²) in [5.74, 6) is 0.0682. The number of benzene rings is 1. The zero-order valence-electron chi connectivity index (χ0n) is 12.1. The van der Waals surface area contributed by atoms with Crippen LogP contribution in [0.3, 0.4) is 0 Å². The summed E-state index contributed by atoms with van der Waals surface area (Å²) in [6.07, 6.45) is 0.462. The van der Waals surface area contributed by atoms with Gasteiger partial charge in [0.1, 0.15) is 5.75 Å². The number of amides is 1. The van der Waals surface area contributed by atoms with Gasteiger partial charge in [0.15, 0.2) is 0 Å². The number of hydrogen-bond acceptors (Lipinski definition) is 5. The average molecular weight is 293 g/mol. The first-order valence-corrected chi connectivity index (χ1v) is 7.26. The molecule has 0 aliphatic carbocycles. The molecule has 1 fully saturated rings. The Morgan fingerprint density at radius 2 is 2.00 bits per heavy atom. The molecule has 1 aliphatic heterocycles. The molecule has 2 rings (SSSR count). The third kappa shape index (κ3) is 5.34. The summed E-state index contributed by atoms with van der Waals surface area (Å²) in [7, 11) is 0. The first-order chi connectivity index (χ1) is 10.1. The van der Waals surface area contributed by atoms with Gasteiger partial charge in [-0.1, -0.05) is 12.1 Å². The Kier molecular flexibility index (Phi) is 5.98. The molecule has 0 unspecified atom stereocenters. The van der Waals surface area contributed by atoms with E-state index in [1.807, 2.05) is 0 Å².